The molecule has 0 spiro atoms. The zero-order chi connectivity index (χ0) is 17.4. The summed E-state index contributed by atoms with van der Waals surface area (Å²) in [6.07, 6.45) is 5.73. The zero-order valence-corrected chi connectivity index (χ0v) is 13.9. The maximum Gasteiger partial charge on any atom is 0.156 e. The molecule has 5 nitrogen and oxygen atoms in total. The Kier molecular flexibility index (Phi) is 6.47. The van der Waals surface area contributed by atoms with Crippen LogP contribution < -0.4 is 0 Å². The fourth-order valence-electron chi connectivity index (χ4n) is 2.13. The normalized spacial score (nSPS) is 12.5. The smallest absolute Gasteiger partial charge is 0.156 e. The van der Waals surface area contributed by atoms with Crippen LogP contribution in [0, 0.1) is 19.3 Å². The van der Waals surface area contributed by atoms with E-state index in [0.717, 1.165) is 35.6 Å². The molecule has 0 bridgehead atoms. The van der Waals surface area contributed by atoms with Gasteiger partial charge in [-0.25, -0.2) is 0 Å². The van der Waals surface area contributed by atoms with Gasteiger partial charge in [-0.1, -0.05) is 23.2 Å². The molecule has 0 amide bonds. The average molecular weight is 323 g/mol. The lowest BCUT2D eigenvalue weighted by atomic mass is 10.2. The quantitative estimate of drug-likeness (QED) is 0.368. The highest BCUT2D eigenvalue weighted by Crippen LogP contribution is 2.10. The van der Waals surface area contributed by atoms with Crippen molar-refractivity contribution in [3.05, 3.63) is 59.2 Å². The standard InChI is InChI=1S/C19H21N3O2/c1-4-19(23)18-12-6-9-16(21-18)10-7-13-24-22-15(3)17-11-5-8-14(2)20-17/h1,5-6,8-9,11-12,19,23H,7,10,13H2,2-3H3. The van der Waals surface area contributed by atoms with Gasteiger partial charge in [-0.3, -0.25) is 9.97 Å². The number of nitrogens with zero attached hydrogens (tertiary/aromatic N) is 3. The first-order valence-corrected chi connectivity index (χ1v) is 7.81. The Hall–Kier alpha value is -2.71. The molecule has 0 aromatic carbocycles. The average Bonchev–Trinajstić information content (AvgIpc) is 2.60. The first-order chi connectivity index (χ1) is 11.6. The summed E-state index contributed by atoms with van der Waals surface area (Å²) in [5.41, 5.74) is 3.87. The van der Waals surface area contributed by atoms with Gasteiger partial charge in [0.05, 0.1) is 11.4 Å². The largest absolute Gasteiger partial charge is 0.396 e. The molecule has 0 radical (unpaired) electrons. The third-order valence-electron chi connectivity index (χ3n) is 3.40. The van der Waals surface area contributed by atoms with Crippen molar-refractivity contribution in [2.24, 2.45) is 5.16 Å². The van der Waals surface area contributed by atoms with Gasteiger partial charge in [0.1, 0.15) is 12.3 Å². The lowest BCUT2D eigenvalue weighted by Crippen LogP contribution is -2.03. The minimum Gasteiger partial charge on any atom is -0.396 e. The molecule has 24 heavy (non-hydrogen) atoms. The van der Waals surface area contributed by atoms with Crippen molar-refractivity contribution in [2.75, 3.05) is 6.61 Å². The van der Waals surface area contributed by atoms with Gasteiger partial charge in [0.15, 0.2) is 6.10 Å². The Morgan fingerprint density at radius 3 is 2.83 bits per heavy atom. The molecule has 124 valence electrons. The number of rotatable bonds is 7. The van der Waals surface area contributed by atoms with E-state index in [0.29, 0.717) is 12.3 Å². The van der Waals surface area contributed by atoms with E-state index in [1.165, 1.54) is 0 Å². The minimum atomic E-state index is -0.963. The number of aryl methyl sites for hydroxylation is 2. The number of hydrogen-bond acceptors (Lipinski definition) is 5. The van der Waals surface area contributed by atoms with E-state index >= 15 is 0 Å². The summed E-state index contributed by atoms with van der Waals surface area (Å²) in [4.78, 5) is 14.1. The van der Waals surface area contributed by atoms with Crippen LogP contribution in [0.15, 0.2) is 41.6 Å². The first kappa shape index (κ1) is 17.6. The van der Waals surface area contributed by atoms with Gasteiger partial charge in [0.25, 0.3) is 0 Å². The molecule has 0 saturated carbocycles. The Morgan fingerprint density at radius 2 is 2.08 bits per heavy atom. The third kappa shape index (κ3) is 5.18. The predicted octanol–water partition coefficient (Wildman–Crippen LogP) is 2.83. The van der Waals surface area contributed by atoms with Crippen molar-refractivity contribution in [3.63, 3.8) is 0 Å². The summed E-state index contributed by atoms with van der Waals surface area (Å²) >= 11 is 0. The van der Waals surface area contributed by atoms with Crippen LogP contribution in [-0.4, -0.2) is 27.4 Å². The zero-order valence-electron chi connectivity index (χ0n) is 13.9. The number of hydrogen-bond donors (Lipinski definition) is 1. The van der Waals surface area contributed by atoms with Crippen molar-refractivity contribution in [3.8, 4) is 12.3 Å². The monoisotopic (exact) mass is 323 g/mol. The summed E-state index contributed by atoms with van der Waals surface area (Å²) in [5, 5.41) is 13.7. The molecule has 0 saturated heterocycles. The summed E-state index contributed by atoms with van der Waals surface area (Å²) < 4.78 is 0. The van der Waals surface area contributed by atoms with E-state index in [2.05, 4.69) is 21.0 Å². The van der Waals surface area contributed by atoms with Gasteiger partial charge in [-0.05, 0) is 51.0 Å². The summed E-state index contributed by atoms with van der Waals surface area (Å²) in [5.74, 6) is 2.26. The number of aliphatic hydroxyl groups excluding tert-OH is 1. The molecular formula is C19H21N3O2. The summed E-state index contributed by atoms with van der Waals surface area (Å²) in [6.45, 7) is 4.29. The molecular weight excluding hydrogens is 302 g/mol. The summed E-state index contributed by atoms with van der Waals surface area (Å²) in [7, 11) is 0. The Labute approximate surface area is 142 Å². The van der Waals surface area contributed by atoms with E-state index < -0.39 is 6.10 Å². The van der Waals surface area contributed by atoms with Gasteiger partial charge >= 0.3 is 0 Å². The Balaban J connectivity index is 1.81. The van der Waals surface area contributed by atoms with Crippen LogP contribution in [0.25, 0.3) is 0 Å². The molecule has 0 aliphatic heterocycles. The van der Waals surface area contributed by atoms with Crippen molar-refractivity contribution in [1.82, 2.24) is 9.97 Å². The molecule has 2 heterocycles. The fraction of sp³-hybridized carbons (Fsp3) is 0.316. The van der Waals surface area contributed by atoms with Crippen molar-refractivity contribution >= 4 is 5.71 Å². The lowest BCUT2D eigenvalue weighted by molar-refractivity contribution is 0.141. The molecule has 2 rings (SSSR count). The molecule has 1 N–H and O–H groups in total. The number of terminal acetylenes is 1. The van der Waals surface area contributed by atoms with Crippen LogP contribution in [0.5, 0.6) is 0 Å². The second-order valence-electron chi connectivity index (χ2n) is 5.40. The topological polar surface area (TPSA) is 67.6 Å². The predicted molar refractivity (Wildman–Crippen MR) is 93.5 cm³/mol. The van der Waals surface area contributed by atoms with Crippen molar-refractivity contribution in [2.45, 2.75) is 32.8 Å². The van der Waals surface area contributed by atoms with Gasteiger partial charge < -0.3 is 9.94 Å². The van der Waals surface area contributed by atoms with Crippen LogP contribution in [0.2, 0.25) is 0 Å². The van der Waals surface area contributed by atoms with E-state index in [1.54, 1.807) is 6.07 Å². The van der Waals surface area contributed by atoms with Crippen LogP contribution >= 0.6 is 0 Å². The molecule has 2 aromatic heterocycles. The van der Waals surface area contributed by atoms with E-state index in [1.807, 2.05) is 44.2 Å². The number of oxime groups is 1. The van der Waals surface area contributed by atoms with Gasteiger partial charge in [-0.2, -0.15) is 0 Å². The van der Waals surface area contributed by atoms with Crippen molar-refractivity contribution in [1.29, 1.82) is 0 Å². The van der Waals surface area contributed by atoms with Gasteiger partial charge in [0, 0.05) is 11.4 Å². The van der Waals surface area contributed by atoms with E-state index in [9.17, 15) is 5.11 Å². The van der Waals surface area contributed by atoms with Gasteiger partial charge in [0.2, 0.25) is 0 Å². The van der Waals surface area contributed by atoms with E-state index in [-0.39, 0.29) is 0 Å². The Bertz CT molecular complexity index is 750. The maximum absolute atomic E-state index is 9.61. The minimum absolute atomic E-state index is 0.479. The highest BCUT2D eigenvalue weighted by atomic mass is 16.6. The van der Waals surface area contributed by atoms with Gasteiger partial charge in [-0.15, -0.1) is 6.42 Å². The fourth-order valence-corrected chi connectivity index (χ4v) is 2.13. The first-order valence-electron chi connectivity index (χ1n) is 7.81. The second kappa shape index (κ2) is 8.80. The van der Waals surface area contributed by atoms with Crippen LogP contribution in [0.3, 0.4) is 0 Å². The van der Waals surface area contributed by atoms with Crippen LogP contribution in [0.1, 0.15) is 42.2 Å². The summed E-state index contributed by atoms with van der Waals surface area (Å²) in [6, 6.07) is 11.2. The van der Waals surface area contributed by atoms with Crippen LogP contribution in [-0.2, 0) is 11.3 Å². The highest BCUT2D eigenvalue weighted by Gasteiger charge is 2.06. The van der Waals surface area contributed by atoms with Crippen molar-refractivity contribution < 1.29 is 9.94 Å². The molecule has 0 aliphatic carbocycles. The second-order valence-corrected chi connectivity index (χ2v) is 5.40. The molecule has 0 fully saturated rings. The number of pyridine rings is 2. The number of aromatic nitrogens is 2. The highest BCUT2D eigenvalue weighted by molar-refractivity contribution is 5.96. The third-order valence-corrected chi connectivity index (χ3v) is 3.40. The molecule has 1 atom stereocenters. The lowest BCUT2D eigenvalue weighted by Gasteiger charge is -2.06. The number of aliphatic hydroxyl groups is 1. The molecule has 1 unspecified atom stereocenters. The van der Waals surface area contributed by atoms with Crippen LogP contribution in [0.4, 0.5) is 0 Å². The molecule has 0 aliphatic rings. The molecule has 2 aromatic rings. The Morgan fingerprint density at radius 1 is 1.29 bits per heavy atom. The molecule has 5 heteroatoms. The van der Waals surface area contributed by atoms with E-state index in [4.69, 9.17) is 11.3 Å². The maximum atomic E-state index is 9.61. The SMILES string of the molecule is C#CC(O)c1cccc(CCCON=C(C)c2cccc(C)n2)n1.